The Morgan fingerprint density at radius 1 is 1.24 bits per heavy atom. The van der Waals surface area contributed by atoms with E-state index in [0.29, 0.717) is 29.6 Å². The molecule has 0 amide bonds. The summed E-state index contributed by atoms with van der Waals surface area (Å²) in [4.78, 5) is 7.20. The zero-order chi connectivity index (χ0) is 17.0. The standard InChI is InChI=1S/C19H36N4O.HI/c1-3-23-12-8-9-15(23)14-21-18(20)22-16-13-17(24-4-2)19(16)10-6-5-7-11-19;/h15-17H,3-14H2,1-2H3,(H3,20,21,22);1H. The molecule has 6 heteroatoms. The van der Waals surface area contributed by atoms with Crippen LogP contribution >= 0.6 is 24.0 Å². The third-order valence-corrected chi connectivity index (χ3v) is 6.64. The predicted octanol–water partition coefficient (Wildman–Crippen LogP) is 3.12. The summed E-state index contributed by atoms with van der Waals surface area (Å²) in [6.07, 6.45) is 10.6. The van der Waals surface area contributed by atoms with Gasteiger partial charge in [0, 0.05) is 24.1 Å². The lowest BCUT2D eigenvalue weighted by molar-refractivity contribution is -0.145. The van der Waals surface area contributed by atoms with Crippen LogP contribution in [0.5, 0.6) is 0 Å². The molecule has 3 rings (SSSR count). The summed E-state index contributed by atoms with van der Waals surface area (Å²) in [5.74, 6) is 0.642. The van der Waals surface area contributed by atoms with Crippen molar-refractivity contribution in [1.29, 1.82) is 0 Å². The van der Waals surface area contributed by atoms with Gasteiger partial charge in [-0.05, 0) is 52.1 Å². The van der Waals surface area contributed by atoms with Gasteiger partial charge < -0.3 is 15.8 Å². The Morgan fingerprint density at radius 3 is 2.68 bits per heavy atom. The van der Waals surface area contributed by atoms with Crippen molar-refractivity contribution in [2.45, 2.75) is 83.4 Å². The Bertz CT molecular complexity index is 439. The molecule has 25 heavy (non-hydrogen) atoms. The van der Waals surface area contributed by atoms with Crippen LogP contribution in [0.25, 0.3) is 0 Å². The minimum Gasteiger partial charge on any atom is -0.378 e. The third-order valence-electron chi connectivity index (χ3n) is 6.64. The maximum Gasteiger partial charge on any atom is 0.188 e. The number of nitrogens with one attached hydrogen (secondary N) is 1. The first kappa shape index (κ1) is 21.2. The summed E-state index contributed by atoms with van der Waals surface area (Å²) in [6.45, 7) is 8.33. The lowest BCUT2D eigenvalue weighted by atomic mass is 9.55. The van der Waals surface area contributed by atoms with Crippen LogP contribution in [0.1, 0.15) is 65.2 Å². The van der Waals surface area contributed by atoms with Crippen LogP contribution in [0.4, 0.5) is 0 Å². The van der Waals surface area contributed by atoms with Crippen molar-refractivity contribution >= 4 is 29.9 Å². The first-order valence-corrected chi connectivity index (χ1v) is 10.1. The average molecular weight is 464 g/mol. The normalized spacial score (nSPS) is 32.2. The zero-order valence-corrected chi connectivity index (χ0v) is 18.3. The molecule has 1 saturated heterocycles. The second-order valence-corrected chi connectivity index (χ2v) is 7.82. The Morgan fingerprint density at radius 2 is 2.00 bits per heavy atom. The van der Waals surface area contributed by atoms with Gasteiger partial charge in [-0.3, -0.25) is 9.89 Å². The minimum absolute atomic E-state index is 0. The molecule has 146 valence electrons. The number of hydrogen-bond donors (Lipinski definition) is 2. The summed E-state index contributed by atoms with van der Waals surface area (Å²) < 4.78 is 6.03. The van der Waals surface area contributed by atoms with Crippen molar-refractivity contribution < 1.29 is 4.74 Å². The molecule has 3 unspecified atom stereocenters. The van der Waals surface area contributed by atoms with E-state index >= 15 is 0 Å². The molecule has 3 fully saturated rings. The number of halogens is 1. The first-order valence-electron chi connectivity index (χ1n) is 10.1. The van der Waals surface area contributed by atoms with Crippen molar-refractivity contribution in [3.05, 3.63) is 0 Å². The minimum atomic E-state index is 0. The number of nitrogens with zero attached hydrogens (tertiary/aromatic N) is 2. The van der Waals surface area contributed by atoms with Crippen LogP contribution in [0, 0.1) is 5.41 Å². The Balaban J connectivity index is 0.00000225. The molecule has 0 aromatic heterocycles. The van der Waals surface area contributed by atoms with Gasteiger partial charge in [-0.15, -0.1) is 24.0 Å². The highest BCUT2D eigenvalue weighted by molar-refractivity contribution is 14.0. The molecule has 0 aromatic carbocycles. The summed E-state index contributed by atoms with van der Waals surface area (Å²) in [5.41, 5.74) is 6.54. The largest absolute Gasteiger partial charge is 0.378 e. The average Bonchev–Trinajstić information content (AvgIpc) is 3.07. The van der Waals surface area contributed by atoms with Gasteiger partial charge in [0.05, 0.1) is 12.6 Å². The number of likely N-dealkylation sites (N-methyl/N-ethyl adjacent to an activating group) is 1. The second kappa shape index (κ2) is 9.74. The smallest absolute Gasteiger partial charge is 0.188 e. The highest BCUT2D eigenvalue weighted by Gasteiger charge is 2.55. The van der Waals surface area contributed by atoms with E-state index in [1.54, 1.807) is 0 Å². The Labute approximate surface area is 170 Å². The van der Waals surface area contributed by atoms with Crippen LogP contribution < -0.4 is 11.1 Å². The Kier molecular flexibility index (Phi) is 8.27. The molecule has 2 saturated carbocycles. The maximum atomic E-state index is 6.24. The number of aliphatic imine (C=N–C) groups is 1. The first-order chi connectivity index (χ1) is 11.7. The molecule has 3 atom stereocenters. The van der Waals surface area contributed by atoms with E-state index in [9.17, 15) is 0 Å². The van der Waals surface area contributed by atoms with Crippen molar-refractivity contribution in [1.82, 2.24) is 10.2 Å². The summed E-state index contributed by atoms with van der Waals surface area (Å²) >= 11 is 0. The van der Waals surface area contributed by atoms with E-state index < -0.39 is 0 Å². The van der Waals surface area contributed by atoms with Gasteiger partial charge in [-0.25, -0.2) is 0 Å². The van der Waals surface area contributed by atoms with Crippen LogP contribution in [0.3, 0.4) is 0 Å². The summed E-state index contributed by atoms with van der Waals surface area (Å²) in [7, 11) is 0. The lowest BCUT2D eigenvalue weighted by Crippen LogP contribution is -2.66. The number of hydrogen-bond acceptors (Lipinski definition) is 3. The molecule has 3 N–H and O–H groups in total. The van der Waals surface area contributed by atoms with Crippen molar-refractivity contribution in [3.63, 3.8) is 0 Å². The van der Waals surface area contributed by atoms with Gasteiger partial charge in [0.2, 0.25) is 0 Å². The van der Waals surface area contributed by atoms with Crippen LogP contribution in [0.2, 0.25) is 0 Å². The number of guanidine groups is 1. The monoisotopic (exact) mass is 464 g/mol. The second-order valence-electron chi connectivity index (χ2n) is 7.82. The van der Waals surface area contributed by atoms with Gasteiger partial charge in [-0.2, -0.15) is 0 Å². The van der Waals surface area contributed by atoms with Gasteiger partial charge in [-0.1, -0.05) is 26.2 Å². The number of ether oxygens (including phenoxy) is 1. The molecule has 2 aliphatic carbocycles. The quantitative estimate of drug-likeness (QED) is 0.360. The van der Waals surface area contributed by atoms with E-state index in [1.165, 1.54) is 51.5 Å². The van der Waals surface area contributed by atoms with Gasteiger partial charge in [0.15, 0.2) is 5.96 Å². The zero-order valence-electron chi connectivity index (χ0n) is 16.0. The number of likely N-dealkylation sites (tertiary alicyclic amines) is 1. The van der Waals surface area contributed by atoms with E-state index in [-0.39, 0.29) is 24.0 Å². The molecular formula is C19H37IN4O. The summed E-state index contributed by atoms with van der Waals surface area (Å²) in [6, 6.07) is 1.03. The molecule has 1 heterocycles. The van der Waals surface area contributed by atoms with Gasteiger partial charge in [0.1, 0.15) is 0 Å². The molecule has 1 aliphatic heterocycles. The highest BCUT2D eigenvalue weighted by Crippen LogP contribution is 2.53. The molecular weight excluding hydrogens is 427 g/mol. The molecule has 0 aromatic rings. The lowest BCUT2D eigenvalue weighted by Gasteiger charge is -2.57. The van der Waals surface area contributed by atoms with E-state index in [4.69, 9.17) is 10.5 Å². The van der Waals surface area contributed by atoms with Crippen molar-refractivity contribution in [2.24, 2.45) is 16.1 Å². The predicted molar refractivity (Wildman–Crippen MR) is 115 cm³/mol. The fourth-order valence-electron chi connectivity index (χ4n) is 5.21. The van der Waals surface area contributed by atoms with Crippen LogP contribution in [-0.2, 0) is 4.74 Å². The van der Waals surface area contributed by atoms with Gasteiger partial charge in [0.25, 0.3) is 0 Å². The molecule has 1 spiro atoms. The van der Waals surface area contributed by atoms with Crippen molar-refractivity contribution in [2.75, 3.05) is 26.2 Å². The van der Waals surface area contributed by atoms with E-state index in [2.05, 4.69) is 29.1 Å². The third kappa shape index (κ3) is 4.61. The van der Waals surface area contributed by atoms with Crippen molar-refractivity contribution in [3.8, 4) is 0 Å². The molecule has 3 aliphatic rings. The topological polar surface area (TPSA) is 62.9 Å². The fourth-order valence-corrected chi connectivity index (χ4v) is 5.21. The van der Waals surface area contributed by atoms with Crippen LogP contribution in [-0.4, -0.2) is 55.3 Å². The molecule has 5 nitrogen and oxygen atoms in total. The number of nitrogens with two attached hydrogens (primary N) is 1. The maximum absolute atomic E-state index is 6.24. The SMILES string of the molecule is CCOC1CC(NC(N)=NCC2CCCN2CC)C12CCCCC2.I. The van der Waals surface area contributed by atoms with Crippen LogP contribution in [0.15, 0.2) is 4.99 Å². The molecule has 0 bridgehead atoms. The van der Waals surface area contributed by atoms with Gasteiger partial charge >= 0.3 is 0 Å². The Hall–Kier alpha value is -0.0800. The molecule has 0 radical (unpaired) electrons. The number of rotatable bonds is 6. The van der Waals surface area contributed by atoms with E-state index in [0.717, 1.165) is 26.1 Å². The highest BCUT2D eigenvalue weighted by atomic mass is 127. The van der Waals surface area contributed by atoms with E-state index in [1.807, 2.05) is 0 Å². The fraction of sp³-hybridized carbons (Fsp3) is 0.947. The summed E-state index contributed by atoms with van der Waals surface area (Å²) in [5, 5.41) is 3.55.